The van der Waals surface area contributed by atoms with Crippen molar-refractivity contribution in [2.45, 2.75) is 25.9 Å². The summed E-state index contributed by atoms with van der Waals surface area (Å²) in [6.07, 6.45) is 1.20. The van der Waals surface area contributed by atoms with Gasteiger partial charge in [0.05, 0.1) is 0 Å². The van der Waals surface area contributed by atoms with Crippen molar-refractivity contribution in [3.63, 3.8) is 0 Å². The maximum atomic E-state index is 13.4. The zero-order chi connectivity index (χ0) is 17.3. The van der Waals surface area contributed by atoms with Crippen LogP contribution in [0.1, 0.15) is 17.5 Å². The lowest BCUT2D eigenvalue weighted by Gasteiger charge is -2.20. The Labute approximate surface area is 142 Å². The smallest absolute Gasteiger partial charge is 0.126 e. The average Bonchev–Trinajstić information content (AvgIpc) is 2.95. The lowest BCUT2D eigenvalue weighted by atomic mass is 9.98. The van der Waals surface area contributed by atoms with Gasteiger partial charge in [-0.15, -0.1) is 0 Å². The zero-order valence-electron chi connectivity index (χ0n) is 14.5. The van der Waals surface area contributed by atoms with E-state index >= 15 is 0 Å². The second kappa shape index (κ2) is 6.99. The fourth-order valence-electron chi connectivity index (χ4n) is 3.49. The summed E-state index contributed by atoms with van der Waals surface area (Å²) in [7, 11) is 4.26. The Balaban J connectivity index is 1.75. The molecule has 2 nitrogen and oxygen atoms in total. The van der Waals surface area contributed by atoms with E-state index in [4.69, 9.17) is 0 Å². The van der Waals surface area contributed by atoms with Gasteiger partial charge in [-0.3, -0.25) is 4.90 Å². The molecule has 0 aromatic heterocycles. The normalized spacial score (nSPS) is 18.5. The summed E-state index contributed by atoms with van der Waals surface area (Å²) < 4.78 is 26.9. The van der Waals surface area contributed by atoms with Gasteiger partial charge in [0.15, 0.2) is 0 Å². The Morgan fingerprint density at radius 1 is 1.08 bits per heavy atom. The Morgan fingerprint density at radius 2 is 1.79 bits per heavy atom. The predicted octanol–water partition coefficient (Wildman–Crippen LogP) is 4.08. The fraction of sp³-hybridized carbons (Fsp3) is 0.400. The van der Waals surface area contributed by atoms with E-state index < -0.39 is 11.6 Å². The molecule has 0 aliphatic carbocycles. The topological polar surface area (TPSA) is 6.48 Å². The fourth-order valence-corrected chi connectivity index (χ4v) is 3.49. The second-order valence-electron chi connectivity index (χ2n) is 6.95. The van der Waals surface area contributed by atoms with Gasteiger partial charge in [0.2, 0.25) is 0 Å². The van der Waals surface area contributed by atoms with E-state index in [1.54, 1.807) is 0 Å². The highest BCUT2D eigenvalue weighted by atomic mass is 19.1. The summed E-state index contributed by atoms with van der Waals surface area (Å²) in [5.41, 5.74) is 3.75. The summed E-state index contributed by atoms with van der Waals surface area (Å²) in [5.74, 6) is -1.08. The van der Waals surface area contributed by atoms with Crippen molar-refractivity contribution in [1.82, 2.24) is 9.80 Å². The van der Waals surface area contributed by atoms with Crippen LogP contribution in [-0.2, 0) is 6.54 Å². The molecule has 1 saturated heterocycles. The third kappa shape index (κ3) is 3.82. The third-order valence-electron chi connectivity index (χ3n) is 4.85. The average molecular weight is 330 g/mol. The first-order valence-electron chi connectivity index (χ1n) is 8.37. The van der Waals surface area contributed by atoms with E-state index in [-0.39, 0.29) is 0 Å². The molecule has 2 aromatic carbocycles. The molecule has 4 heteroatoms. The van der Waals surface area contributed by atoms with E-state index in [0.717, 1.165) is 36.8 Å². The molecule has 1 heterocycles. The van der Waals surface area contributed by atoms with Crippen molar-refractivity contribution in [2.75, 3.05) is 27.2 Å². The zero-order valence-corrected chi connectivity index (χ0v) is 14.5. The van der Waals surface area contributed by atoms with Gasteiger partial charge < -0.3 is 4.90 Å². The first-order chi connectivity index (χ1) is 11.4. The molecule has 1 aliphatic rings. The van der Waals surface area contributed by atoms with Gasteiger partial charge in [0.25, 0.3) is 0 Å². The van der Waals surface area contributed by atoms with E-state index in [9.17, 15) is 8.78 Å². The molecule has 1 atom stereocenters. The van der Waals surface area contributed by atoms with Crippen LogP contribution in [0.4, 0.5) is 8.78 Å². The number of likely N-dealkylation sites (N-methyl/N-ethyl adjacent to an activating group) is 1. The number of aryl methyl sites for hydroxylation is 1. The van der Waals surface area contributed by atoms with Gasteiger partial charge in [-0.1, -0.05) is 18.2 Å². The third-order valence-corrected chi connectivity index (χ3v) is 4.85. The number of hydrogen-bond donors (Lipinski definition) is 0. The Hall–Kier alpha value is -1.78. The van der Waals surface area contributed by atoms with Crippen molar-refractivity contribution in [3.8, 4) is 11.1 Å². The molecular weight excluding hydrogens is 306 g/mol. The van der Waals surface area contributed by atoms with E-state index in [2.05, 4.69) is 36.0 Å². The number of likely N-dealkylation sites (tertiary alicyclic amines) is 1. The van der Waals surface area contributed by atoms with Crippen LogP contribution in [0.15, 0.2) is 36.4 Å². The number of hydrogen-bond acceptors (Lipinski definition) is 2. The molecular formula is C20H24F2N2. The van der Waals surface area contributed by atoms with Crippen LogP contribution in [0.5, 0.6) is 0 Å². The largest absolute Gasteiger partial charge is 0.305 e. The van der Waals surface area contributed by atoms with Crippen LogP contribution in [0.25, 0.3) is 11.1 Å². The molecule has 2 aromatic rings. The summed E-state index contributed by atoms with van der Waals surface area (Å²) in [4.78, 5) is 4.74. The summed E-state index contributed by atoms with van der Waals surface area (Å²) in [6, 6.07) is 10.5. The van der Waals surface area contributed by atoms with E-state index in [0.29, 0.717) is 11.6 Å². The minimum Gasteiger partial charge on any atom is -0.305 e. The van der Waals surface area contributed by atoms with Crippen molar-refractivity contribution >= 4 is 0 Å². The van der Waals surface area contributed by atoms with E-state index in [1.807, 2.05) is 13.0 Å². The molecule has 1 aliphatic heterocycles. The van der Waals surface area contributed by atoms with Crippen LogP contribution >= 0.6 is 0 Å². The lowest BCUT2D eigenvalue weighted by molar-refractivity contribution is 0.264. The molecule has 1 unspecified atom stereocenters. The molecule has 0 N–H and O–H groups in total. The van der Waals surface area contributed by atoms with Crippen molar-refractivity contribution < 1.29 is 8.78 Å². The Morgan fingerprint density at radius 3 is 2.38 bits per heavy atom. The molecule has 0 radical (unpaired) electrons. The van der Waals surface area contributed by atoms with Gasteiger partial charge >= 0.3 is 0 Å². The molecule has 128 valence electrons. The minimum absolute atomic E-state index is 0.541. The summed E-state index contributed by atoms with van der Waals surface area (Å²) in [6.45, 7) is 5.11. The summed E-state index contributed by atoms with van der Waals surface area (Å²) >= 11 is 0. The Bertz CT molecular complexity index is 707. The molecule has 1 fully saturated rings. The van der Waals surface area contributed by atoms with Gasteiger partial charge in [-0.2, -0.15) is 0 Å². The SMILES string of the molecule is Cc1cc(CN2CCC(N(C)C)C2)ccc1-c1cc(F)cc(F)c1. The van der Waals surface area contributed by atoms with Gasteiger partial charge in [0, 0.05) is 31.7 Å². The molecule has 0 saturated carbocycles. The standard InChI is InChI=1S/C20H24F2N2/c1-14-8-15(12-24-7-6-19(13-24)23(2)3)4-5-20(14)16-9-17(21)11-18(22)10-16/h4-5,8-11,19H,6-7,12-13H2,1-3H3. The highest BCUT2D eigenvalue weighted by Crippen LogP contribution is 2.27. The summed E-state index contributed by atoms with van der Waals surface area (Å²) in [5, 5.41) is 0. The minimum atomic E-state index is -0.541. The molecule has 0 amide bonds. The molecule has 0 spiro atoms. The van der Waals surface area contributed by atoms with Crippen LogP contribution in [0.3, 0.4) is 0 Å². The predicted molar refractivity (Wildman–Crippen MR) is 93.9 cm³/mol. The first kappa shape index (κ1) is 17.1. The van der Waals surface area contributed by atoms with Crippen molar-refractivity contribution in [2.24, 2.45) is 0 Å². The molecule has 3 rings (SSSR count). The van der Waals surface area contributed by atoms with Crippen LogP contribution in [-0.4, -0.2) is 43.0 Å². The van der Waals surface area contributed by atoms with Crippen molar-refractivity contribution in [1.29, 1.82) is 0 Å². The van der Waals surface area contributed by atoms with E-state index in [1.165, 1.54) is 24.1 Å². The maximum absolute atomic E-state index is 13.4. The highest BCUT2D eigenvalue weighted by Gasteiger charge is 2.23. The van der Waals surface area contributed by atoms with Crippen molar-refractivity contribution in [3.05, 3.63) is 59.2 Å². The maximum Gasteiger partial charge on any atom is 0.126 e. The molecule has 24 heavy (non-hydrogen) atoms. The Kier molecular flexibility index (Phi) is 4.97. The number of rotatable bonds is 4. The number of benzene rings is 2. The number of halogens is 2. The quantitative estimate of drug-likeness (QED) is 0.833. The molecule has 0 bridgehead atoms. The lowest BCUT2D eigenvalue weighted by Crippen LogP contribution is -2.31. The van der Waals surface area contributed by atoms with Gasteiger partial charge in [-0.25, -0.2) is 8.78 Å². The van der Waals surface area contributed by atoms with Crippen LogP contribution < -0.4 is 0 Å². The van der Waals surface area contributed by atoms with Crippen LogP contribution in [0, 0.1) is 18.6 Å². The highest BCUT2D eigenvalue weighted by molar-refractivity contribution is 5.67. The monoisotopic (exact) mass is 330 g/mol. The van der Waals surface area contributed by atoms with Gasteiger partial charge in [-0.05, 0) is 61.8 Å². The number of nitrogens with zero attached hydrogens (tertiary/aromatic N) is 2. The van der Waals surface area contributed by atoms with Crippen LogP contribution in [0.2, 0.25) is 0 Å². The first-order valence-corrected chi connectivity index (χ1v) is 8.37. The second-order valence-corrected chi connectivity index (χ2v) is 6.95. The van der Waals surface area contributed by atoms with Gasteiger partial charge in [0.1, 0.15) is 11.6 Å².